The number of amides is 1. The predicted octanol–water partition coefficient (Wildman–Crippen LogP) is 5.71. The summed E-state index contributed by atoms with van der Waals surface area (Å²) in [6.07, 6.45) is 1.81. The van der Waals surface area contributed by atoms with Gasteiger partial charge in [-0.05, 0) is 55.0 Å². The third-order valence-electron chi connectivity index (χ3n) is 4.84. The normalized spacial score (nSPS) is 11.0. The molecule has 0 unspecified atom stereocenters. The maximum atomic E-state index is 12.6. The maximum absolute atomic E-state index is 12.6. The maximum Gasteiger partial charge on any atom is 0.234 e. The van der Waals surface area contributed by atoms with Crippen LogP contribution in [0.1, 0.15) is 36.1 Å². The number of aryl methyl sites for hydroxylation is 4. The lowest BCUT2D eigenvalue weighted by Crippen LogP contribution is -2.16. The van der Waals surface area contributed by atoms with Gasteiger partial charge in [-0.25, -0.2) is 4.98 Å². The van der Waals surface area contributed by atoms with Gasteiger partial charge < -0.3 is 5.32 Å². The number of hydrogen-bond donors (Lipinski definition) is 1. The Morgan fingerprint density at radius 1 is 1.00 bits per heavy atom. The molecule has 0 bridgehead atoms. The minimum atomic E-state index is 0.0138. The number of thioether (sulfide) groups is 1. The molecule has 0 spiro atoms. The van der Waals surface area contributed by atoms with E-state index in [1.54, 1.807) is 0 Å². The number of pyridine rings is 1. The molecule has 3 aromatic rings. The largest absolute Gasteiger partial charge is 0.325 e. The summed E-state index contributed by atoms with van der Waals surface area (Å²) < 4.78 is 0. The molecule has 4 heteroatoms. The highest BCUT2D eigenvalue weighted by Gasteiger charge is 2.12. The van der Waals surface area contributed by atoms with Crippen LogP contribution in [0.4, 0.5) is 5.69 Å². The van der Waals surface area contributed by atoms with Crippen molar-refractivity contribution in [1.82, 2.24) is 4.98 Å². The summed E-state index contributed by atoms with van der Waals surface area (Å²) in [6, 6.07) is 14.5. The number of hydrogen-bond acceptors (Lipinski definition) is 3. The van der Waals surface area contributed by atoms with E-state index >= 15 is 0 Å². The Kier molecular flexibility index (Phi) is 6.17. The van der Waals surface area contributed by atoms with Crippen molar-refractivity contribution in [3.05, 3.63) is 64.7 Å². The quantitative estimate of drug-likeness (QED) is 0.559. The smallest absolute Gasteiger partial charge is 0.234 e. The van der Waals surface area contributed by atoms with Crippen LogP contribution in [-0.2, 0) is 17.6 Å². The van der Waals surface area contributed by atoms with Crippen molar-refractivity contribution in [2.45, 2.75) is 45.6 Å². The minimum Gasteiger partial charge on any atom is -0.325 e. The number of anilines is 1. The Bertz CT molecular complexity index is 959. The first kappa shape index (κ1) is 19.4. The summed E-state index contributed by atoms with van der Waals surface area (Å²) in [5.41, 5.74) is 6.71. The van der Waals surface area contributed by atoms with Crippen molar-refractivity contribution in [3.63, 3.8) is 0 Å². The molecule has 0 radical (unpaired) electrons. The molecule has 0 saturated heterocycles. The minimum absolute atomic E-state index is 0.0138. The number of aromatic nitrogens is 1. The van der Waals surface area contributed by atoms with Crippen LogP contribution in [0.25, 0.3) is 10.9 Å². The highest BCUT2D eigenvalue weighted by Crippen LogP contribution is 2.27. The van der Waals surface area contributed by atoms with Gasteiger partial charge in [-0.3, -0.25) is 4.79 Å². The molecule has 0 aliphatic rings. The number of carbonyl (C=O) groups is 1. The zero-order chi connectivity index (χ0) is 19.4. The lowest BCUT2D eigenvalue weighted by atomic mass is 10.0. The second kappa shape index (κ2) is 8.57. The monoisotopic (exact) mass is 378 g/mol. The summed E-state index contributed by atoms with van der Waals surface area (Å²) in [6.45, 7) is 8.40. The number of nitrogens with one attached hydrogen (secondary N) is 1. The van der Waals surface area contributed by atoms with E-state index in [0.717, 1.165) is 34.6 Å². The van der Waals surface area contributed by atoms with Crippen molar-refractivity contribution >= 4 is 34.3 Å². The second-order valence-corrected chi connectivity index (χ2v) is 7.74. The Balaban J connectivity index is 1.75. The van der Waals surface area contributed by atoms with E-state index in [4.69, 9.17) is 4.98 Å². The Hall–Kier alpha value is -2.33. The number of carbonyl (C=O) groups excluding carboxylic acids is 1. The van der Waals surface area contributed by atoms with Crippen molar-refractivity contribution < 1.29 is 4.79 Å². The lowest BCUT2D eigenvalue weighted by Gasteiger charge is -2.14. The fourth-order valence-corrected chi connectivity index (χ4v) is 4.09. The van der Waals surface area contributed by atoms with Gasteiger partial charge in [-0.2, -0.15) is 0 Å². The predicted molar refractivity (Wildman–Crippen MR) is 116 cm³/mol. The van der Waals surface area contributed by atoms with Gasteiger partial charge >= 0.3 is 0 Å². The Morgan fingerprint density at radius 3 is 2.33 bits per heavy atom. The number of nitrogens with zero attached hydrogens (tertiary/aromatic N) is 1. The summed E-state index contributed by atoms with van der Waals surface area (Å²) in [7, 11) is 0. The van der Waals surface area contributed by atoms with Crippen LogP contribution >= 0.6 is 11.8 Å². The first-order chi connectivity index (χ1) is 13.0. The highest BCUT2D eigenvalue weighted by molar-refractivity contribution is 7.99. The molecule has 3 rings (SSSR count). The SMILES string of the molecule is CCc1cccc(CC)c1NC(=O)CSc1cc(C)c2cccc(C)c2n1. The van der Waals surface area contributed by atoms with Crippen LogP contribution in [0, 0.1) is 13.8 Å². The van der Waals surface area contributed by atoms with Crippen LogP contribution in [0.3, 0.4) is 0 Å². The van der Waals surface area contributed by atoms with E-state index in [2.05, 4.69) is 75.5 Å². The molecule has 2 aromatic carbocycles. The number of para-hydroxylation sites is 2. The molecule has 0 aliphatic heterocycles. The number of rotatable bonds is 6. The van der Waals surface area contributed by atoms with Crippen LogP contribution in [0.15, 0.2) is 47.5 Å². The third kappa shape index (κ3) is 4.33. The molecule has 0 saturated carbocycles. The van der Waals surface area contributed by atoms with Gasteiger partial charge in [0.1, 0.15) is 0 Å². The molecule has 1 amide bonds. The Morgan fingerprint density at radius 2 is 1.67 bits per heavy atom. The third-order valence-corrected chi connectivity index (χ3v) is 5.75. The molecule has 1 N–H and O–H groups in total. The van der Waals surface area contributed by atoms with Crippen molar-refractivity contribution in [2.75, 3.05) is 11.1 Å². The van der Waals surface area contributed by atoms with Crippen LogP contribution in [-0.4, -0.2) is 16.6 Å². The van der Waals surface area contributed by atoms with Crippen molar-refractivity contribution in [3.8, 4) is 0 Å². The molecule has 1 heterocycles. The molecule has 27 heavy (non-hydrogen) atoms. The molecular weight excluding hydrogens is 352 g/mol. The van der Waals surface area contributed by atoms with Crippen LogP contribution < -0.4 is 5.32 Å². The zero-order valence-electron chi connectivity index (χ0n) is 16.4. The van der Waals surface area contributed by atoms with E-state index in [1.807, 2.05) is 0 Å². The van der Waals surface area contributed by atoms with Crippen LogP contribution in [0.2, 0.25) is 0 Å². The highest BCUT2D eigenvalue weighted by atomic mass is 32.2. The molecule has 0 aliphatic carbocycles. The first-order valence-electron chi connectivity index (χ1n) is 9.43. The van der Waals surface area contributed by atoms with Gasteiger partial charge in [-0.15, -0.1) is 0 Å². The molecular formula is C23H26N2OS. The van der Waals surface area contributed by atoms with Gasteiger partial charge in [0.25, 0.3) is 0 Å². The molecule has 0 fully saturated rings. The van der Waals surface area contributed by atoms with Gasteiger partial charge in [-0.1, -0.05) is 62.0 Å². The number of fused-ring (bicyclic) bond motifs is 1. The summed E-state index contributed by atoms with van der Waals surface area (Å²) in [4.78, 5) is 17.3. The molecule has 140 valence electrons. The van der Waals surface area contributed by atoms with E-state index in [9.17, 15) is 4.79 Å². The molecule has 1 aromatic heterocycles. The van der Waals surface area contributed by atoms with Gasteiger partial charge in [0.2, 0.25) is 5.91 Å². The van der Waals surface area contributed by atoms with Crippen LogP contribution in [0.5, 0.6) is 0 Å². The van der Waals surface area contributed by atoms with Gasteiger partial charge in [0, 0.05) is 11.1 Å². The average Bonchev–Trinajstić information content (AvgIpc) is 2.67. The fraction of sp³-hybridized carbons (Fsp3) is 0.304. The lowest BCUT2D eigenvalue weighted by molar-refractivity contribution is -0.113. The Labute approximate surface area is 165 Å². The van der Waals surface area contributed by atoms with Crippen molar-refractivity contribution in [2.24, 2.45) is 0 Å². The van der Waals surface area contributed by atoms with Gasteiger partial charge in [0.15, 0.2) is 0 Å². The van der Waals surface area contributed by atoms with E-state index in [0.29, 0.717) is 5.75 Å². The molecule has 0 atom stereocenters. The van der Waals surface area contributed by atoms with E-state index < -0.39 is 0 Å². The standard InChI is InChI=1S/C23H26N2OS/c1-5-17-10-8-11-18(6-2)23(17)24-20(26)14-27-21-13-16(4)19-12-7-9-15(3)22(19)25-21/h7-13H,5-6,14H2,1-4H3,(H,24,26). The molecule has 3 nitrogen and oxygen atoms in total. The first-order valence-corrected chi connectivity index (χ1v) is 10.4. The average molecular weight is 379 g/mol. The van der Waals surface area contributed by atoms with Gasteiger partial charge in [0.05, 0.1) is 16.3 Å². The summed E-state index contributed by atoms with van der Waals surface area (Å²) in [5, 5.41) is 5.19. The summed E-state index contributed by atoms with van der Waals surface area (Å²) >= 11 is 1.49. The van der Waals surface area contributed by atoms with E-state index in [-0.39, 0.29) is 5.91 Å². The summed E-state index contributed by atoms with van der Waals surface area (Å²) in [5.74, 6) is 0.366. The zero-order valence-corrected chi connectivity index (χ0v) is 17.2. The van der Waals surface area contributed by atoms with Crippen molar-refractivity contribution in [1.29, 1.82) is 0 Å². The number of benzene rings is 2. The fourth-order valence-electron chi connectivity index (χ4n) is 3.32. The topological polar surface area (TPSA) is 42.0 Å². The second-order valence-electron chi connectivity index (χ2n) is 6.74. The van der Waals surface area contributed by atoms with E-state index in [1.165, 1.54) is 33.8 Å².